The van der Waals surface area contributed by atoms with Gasteiger partial charge in [0.05, 0.1) is 14.9 Å². The van der Waals surface area contributed by atoms with Gasteiger partial charge in [-0.05, 0) is 44.0 Å². The number of piperidine rings is 1. The van der Waals surface area contributed by atoms with Gasteiger partial charge in [0.1, 0.15) is 11.9 Å². The topological polar surface area (TPSA) is 91.0 Å². The molecule has 190 valence electrons. The van der Waals surface area contributed by atoms with E-state index in [1.54, 1.807) is 11.4 Å². The highest BCUT2D eigenvalue weighted by atomic mass is 19.1. The monoisotopic (exact) mass is 504 g/mol. The molecule has 9 heteroatoms. The third-order valence-corrected chi connectivity index (χ3v) is 5.93. The summed E-state index contributed by atoms with van der Waals surface area (Å²) in [5.41, 5.74) is 1.12. The maximum Gasteiger partial charge on any atom is 0.255 e. The van der Waals surface area contributed by atoms with Gasteiger partial charge < -0.3 is 15.0 Å². The number of benzene rings is 2. The first-order chi connectivity index (χ1) is 21.0. The molecule has 2 aromatic carbocycles. The van der Waals surface area contributed by atoms with E-state index in [1.807, 2.05) is 0 Å². The fraction of sp³-hybridized carbons (Fsp3) is 0.444. The molecule has 36 heavy (non-hydrogen) atoms. The highest BCUT2D eigenvalue weighted by Crippen LogP contribution is 2.32. The number of anilines is 1. The third-order valence-electron chi connectivity index (χ3n) is 5.93. The van der Waals surface area contributed by atoms with Gasteiger partial charge in [-0.2, -0.15) is 0 Å². The van der Waals surface area contributed by atoms with Crippen molar-refractivity contribution >= 4 is 23.4 Å². The number of ether oxygens (including phenoxy) is 1. The molecule has 2 N–H and O–H groups in total. The predicted octanol–water partition coefficient (Wildman–Crippen LogP) is 2.81. The Hall–Kier alpha value is -3.30. The molecule has 3 aliphatic rings. The van der Waals surface area contributed by atoms with Crippen molar-refractivity contribution in [3.8, 4) is 0 Å². The number of nitrogens with one attached hydrogen (secondary N) is 2. The number of rotatable bonds is 6. The van der Waals surface area contributed by atoms with E-state index in [1.165, 1.54) is 24.3 Å². The number of amides is 3. The van der Waals surface area contributed by atoms with E-state index >= 15 is 4.39 Å². The van der Waals surface area contributed by atoms with Crippen molar-refractivity contribution in [2.45, 2.75) is 64.4 Å². The highest BCUT2D eigenvalue weighted by molar-refractivity contribution is 6.06. The fourth-order valence-electron chi connectivity index (χ4n) is 4.33. The van der Waals surface area contributed by atoms with Crippen molar-refractivity contribution in [1.29, 1.82) is 0 Å². The van der Waals surface area contributed by atoms with Crippen molar-refractivity contribution in [3.05, 3.63) is 64.5 Å². The summed E-state index contributed by atoms with van der Waals surface area (Å²) >= 11 is 0. The first-order valence-electron chi connectivity index (χ1n) is 16.2. The Morgan fingerprint density at radius 3 is 2.72 bits per heavy atom. The number of hydrogen-bond donors (Lipinski definition) is 2. The second-order valence-corrected chi connectivity index (χ2v) is 8.56. The standard InChI is InChI=1S/C27H31FN4O4/c1-16-12-31(13-17(2)36-16)14-18-6-7-19(22(28)10-18)11-29-23-5-3-4-20-21(23)15-32(27(20)35)24-8-9-25(33)30-26(24)34/h3-7,10,16-17,24,29H,8-9,11-15H2,1-2H3,(H,30,33,34)/i8D2,9D2,12D2,13D2,16D,17D. The Labute approximate surface area is 223 Å². The Balaban J connectivity index is 1.35. The Morgan fingerprint density at radius 2 is 1.97 bits per heavy atom. The van der Waals surface area contributed by atoms with Gasteiger partial charge in [-0.3, -0.25) is 24.6 Å². The summed E-state index contributed by atoms with van der Waals surface area (Å²) in [7, 11) is 0. The van der Waals surface area contributed by atoms with Gasteiger partial charge in [0, 0.05) is 72.3 Å². The Bertz CT molecular complexity index is 1610. The number of hydrogen-bond acceptors (Lipinski definition) is 6. The van der Waals surface area contributed by atoms with Crippen LogP contribution in [0.4, 0.5) is 10.1 Å². The second kappa shape index (κ2) is 9.99. The average Bonchev–Trinajstić information content (AvgIpc) is 3.25. The largest absolute Gasteiger partial charge is 0.381 e. The van der Waals surface area contributed by atoms with E-state index in [0.717, 1.165) is 24.8 Å². The summed E-state index contributed by atoms with van der Waals surface area (Å²) < 4.78 is 103. The van der Waals surface area contributed by atoms with Crippen LogP contribution in [-0.2, 0) is 34.0 Å². The number of halogens is 1. The average molecular weight is 505 g/mol. The van der Waals surface area contributed by atoms with Crippen molar-refractivity contribution in [3.63, 3.8) is 0 Å². The minimum absolute atomic E-state index is 0.110. The summed E-state index contributed by atoms with van der Waals surface area (Å²) in [6.07, 6.45) is -10.8. The zero-order valence-corrected chi connectivity index (χ0v) is 19.6. The predicted molar refractivity (Wildman–Crippen MR) is 131 cm³/mol. The molecule has 0 radical (unpaired) electrons. The summed E-state index contributed by atoms with van der Waals surface area (Å²) in [6, 6.07) is 6.53. The second-order valence-electron chi connectivity index (χ2n) is 8.56. The van der Waals surface area contributed by atoms with Crippen molar-refractivity contribution in [2.24, 2.45) is 0 Å². The molecule has 0 saturated carbocycles. The van der Waals surface area contributed by atoms with Gasteiger partial charge in [0.2, 0.25) is 11.8 Å². The van der Waals surface area contributed by atoms with Crippen LogP contribution >= 0.6 is 0 Å². The molecule has 0 aliphatic carbocycles. The molecule has 3 unspecified atom stereocenters. The van der Waals surface area contributed by atoms with E-state index in [4.69, 9.17) is 18.4 Å². The van der Waals surface area contributed by atoms with Crippen LogP contribution in [0, 0.1) is 5.82 Å². The highest BCUT2D eigenvalue weighted by Gasteiger charge is 2.39. The van der Waals surface area contributed by atoms with Crippen LogP contribution in [0.5, 0.6) is 0 Å². The molecule has 0 aromatic heterocycles. The molecule has 0 bridgehead atoms. The maximum atomic E-state index is 15.3. The third kappa shape index (κ3) is 4.99. The molecule has 3 aliphatic heterocycles. The normalized spacial score (nSPS) is 38.4. The Morgan fingerprint density at radius 1 is 1.19 bits per heavy atom. The van der Waals surface area contributed by atoms with E-state index in [2.05, 4.69) is 5.32 Å². The van der Waals surface area contributed by atoms with Crippen LogP contribution in [0.1, 0.15) is 67.3 Å². The van der Waals surface area contributed by atoms with Crippen molar-refractivity contribution < 1.29 is 37.2 Å². The molecular formula is C27H31FN4O4. The number of nitrogens with zero attached hydrogens (tertiary/aromatic N) is 2. The number of morpholine rings is 1. The first kappa shape index (κ1) is 15.1. The first-order valence-corrected chi connectivity index (χ1v) is 11.2. The summed E-state index contributed by atoms with van der Waals surface area (Å²) in [5, 5.41) is 4.81. The van der Waals surface area contributed by atoms with Crippen LogP contribution < -0.4 is 10.6 Å². The van der Waals surface area contributed by atoms with E-state index < -0.39 is 74.0 Å². The van der Waals surface area contributed by atoms with E-state index in [-0.39, 0.29) is 29.8 Å². The Kier molecular flexibility index (Phi) is 4.18. The van der Waals surface area contributed by atoms with Crippen LogP contribution in [0.15, 0.2) is 36.4 Å². The van der Waals surface area contributed by atoms with Gasteiger partial charge >= 0.3 is 0 Å². The van der Waals surface area contributed by atoms with Crippen LogP contribution in [0.2, 0.25) is 0 Å². The lowest BCUT2D eigenvalue weighted by Crippen LogP contribution is -2.52. The lowest BCUT2D eigenvalue weighted by atomic mass is 10.0. The van der Waals surface area contributed by atoms with Crippen LogP contribution in [0.25, 0.3) is 0 Å². The molecule has 3 amide bonds. The summed E-state index contributed by atoms with van der Waals surface area (Å²) in [6.45, 7) is -4.10. The van der Waals surface area contributed by atoms with Gasteiger partial charge in [0.15, 0.2) is 0 Å². The van der Waals surface area contributed by atoms with Crippen LogP contribution in [-0.4, -0.2) is 58.7 Å². The molecule has 5 rings (SSSR count). The van der Waals surface area contributed by atoms with Crippen molar-refractivity contribution in [2.75, 3.05) is 18.3 Å². The fourth-order valence-corrected chi connectivity index (χ4v) is 4.33. The minimum Gasteiger partial charge on any atom is -0.381 e. The number of carbonyl (C=O) groups excluding carboxylic acids is 3. The van der Waals surface area contributed by atoms with Gasteiger partial charge in [-0.1, -0.05) is 18.2 Å². The smallest absolute Gasteiger partial charge is 0.255 e. The summed E-state index contributed by atoms with van der Waals surface area (Å²) in [5.74, 6) is -4.07. The molecule has 2 saturated heterocycles. The molecular weight excluding hydrogens is 463 g/mol. The summed E-state index contributed by atoms with van der Waals surface area (Å²) in [4.78, 5) is 39.4. The SMILES string of the molecule is [2H]C1(C)OC([2H])(C)C([2H])([2H])N(Cc2ccc(CNc3cccc4c3CN(C3C(=O)NC(=O)C([2H])([2H])C3([2H])[2H])C4=O)c(F)c2)C1([2H])[2H]. The van der Waals surface area contributed by atoms with E-state index in [0.29, 0.717) is 16.2 Å². The molecule has 2 aromatic rings. The van der Waals surface area contributed by atoms with Crippen LogP contribution in [0.3, 0.4) is 0 Å². The quantitative estimate of drug-likeness (QED) is 0.588. The lowest BCUT2D eigenvalue weighted by Gasteiger charge is -2.35. The number of carbonyl (C=O) groups is 3. The molecule has 3 atom stereocenters. The minimum atomic E-state index is -3.10. The number of fused-ring (bicyclic) bond motifs is 1. The molecule has 0 spiro atoms. The zero-order chi connectivity index (χ0) is 34.4. The lowest BCUT2D eigenvalue weighted by molar-refractivity contribution is -0.136. The van der Waals surface area contributed by atoms with Gasteiger partial charge in [0.25, 0.3) is 5.91 Å². The van der Waals surface area contributed by atoms with Gasteiger partial charge in [-0.15, -0.1) is 0 Å². The molecule has 3 heterocycles. The van der Waals surface area contributed by atoms with E-state index in [9.17, 15) is 14.4 Å². The molecule has 2 fully saturated rings. The zero-order valence-electron chi connectivity index (χ0n) is 29.6. The van der Waals surface area contributed by atoms with Gasteiger partial charge in [-0.25, -0.2) is 4.39 Å². The number of imide groups is 1. The molecule has 8 nitrogen and oxygen atoms in total. The van der Waals surface area contributed by atoms with Crippen molar-refractivity contribution in [1.82, 2.24) is 15.1 Å². The maximum absolute atomic E-state index is 15.3.